The van der Waals surface area contributed by atoms with E-state index in [1.165, 1.54) is 37.9 Å². The first-order valence-electron chi connectivity index (χ1n) is 8.03. The Labute approximate surface area is 111 Å². The Morgan fingerprint density at radius 1 is 1.11 bits per heavy atom. The molecule has 0 spiro atoms. The Morgan fingerprint density at radius 3 is 2.22 bits per heavy atom. The minimum absolute atomic E-state index is 0.625. The quantitative estimate of drug-likeness (QED) is 0.793. The van der Waals surface area contributed by atoms with Crippen LogP contribution in [0.5, 0.6) is 0 Å². The Balaban J connectivity index is 1.52. The molecule has 0 saturated heterocycles. The zero-order chi connectivity index (χ0) is 12.2. The Morgan fingerprint density at radius 2 is 1.72 bits per heavy atom. The van der Waals surface area contributed by atoms with Gasteiger partial charge in [0.25, 0.3) is 0 Å². The summed E-state index contributed by atoms with van der Waals surface area (Å²) in [4.78, 5) is 4.61. The van der Waals surface area contributed by atoms with Crippen molar-refractivity contribution in [3.05, 3.63) is 0 Å². The van der Waals surface area contributed by atoms with Crippen molar-refractivity contribution in [3.63, 3.8) is 0 Å². The van der Waals surface area contributed by atoms with E-state index in [2.05, 4.69) is 17.2 Å². The van der Waals surface area contributed by atoms with Crippen LogP contribution in [0.3, 0.4) is 0 Å². The lowest BCUT2D eigenvalue weighted by molar-refractivity contribution is -0.0673. The highest BCUT2D eigenvalue weighted by molar-refractivity contribution is 5.83. The molecule has 1 N–H and O–H groups in total. The molecule has 0 aromatic heterocycles. The summed E-state index contributed by atoms with van der Waals surface area (Å²) in [5, 5.41) is 3.79. The van der Waals surface area contributed by atoms with E-state index in [4.69, 9.17) is 0 Å². The highest BCUT2D eigenvalue weighted by atomic mass is 15.0. The molecule has 0 aromatic carbocycles. The van der Waals surface area contributed by atoms with Crippen molar-refractivity contribution >= 4 is 5.84 Å². The third-order valence-electron chi connectivity index (χ3n) is 6.26. The van der Waals surface area contributed by atoms with Gasteiger partial charge < -0.3 is 5.32 Å². The van der Waals surface area contributed by atoms with Crippen molar-refractivity contribution in [2.75, 3.05) is 6.54 Å². The molecule has 1 atom stereocenters. The second-order valence-electron chi connectivity index (χ2n) is 7.58. The summed E-state index contributed by atoms with van der Waals surface area (Å²) in [6.07, 6.45) is 11.6. The van der Waals surface area contributed by atoms with Gasteiger partial charge >= 0.3 is 0 Å². The molecule has 18 heavy (non-hydrogen) atoms. The van der Waals surface area contributed by atoms with Gasteiger partial charge in [0.05, 0.1) is 5.84 Å². The van der Waals surface area contributed by atoms with E-state index < -0.39 is 0 Å². The van der Waals surface area contributed by atoms with E-state index in [0.717, 1.165) is 24.3 Å². The zero-order valence-corrected chi connectivity index (χ0v) is 11.6. The number of aliphatic imine (C=N–C) groups is 1. The fraction of sp³-hybridized carbons (Fsp3) is 0.938. The predicted octanol–water partition coefficient (Wildman–Crippen LogP) is 3.37. The normalized spacial score (nSPS) is 47.2. The van der Waals surface area contributed by atoms with E-state index in [0.29, 0.717) is 11.5 Å². The Bertz CT molecular complexity index is 336. The molecule has 4 aliphatic carbocycles. The number of hydrogen-bond acceptors (Lipinski definition) is 2. The molecule has 2 heteroatoms. The number of amidine groups is 1. The predicted molar refractivity (Wildman–Crippen MR) is 74.7 cm³/mol. The highest BCUT2D eigenvalue weighted by Gasteiger charge is 2.53. The van der Waals surface area contributed by atoms with Crippen molar-refractivity contribution in [2.24, 2.45) is 28.2 Å². The molecular weight excluding hydrogens is 220 g/mol. The third kappa shape index (κ3) is 1.71. The van der Waals surface area contributed by atoms with E-state index in [1.807, 2.05) is 0 Å². The van der Waals surface area contributed by atoms with E-state index in [9.17, 15) is 0 Å². The monoisotopic (exact) mass is 246 g/mol. The number of rotatable bonds is 2. The topological polar surface area (TPSA) is 24.4 Å². The summed E-state index contributed by atoms with van der Waals surface area (Å²) in [6.45, 7) is 3.49. The van der Waals surface area contributed by atoms with Gasteiger partial charge in [-0.05, 0) is 75.0 Å². The first-order valence-corrected chi connectivity index (χ1v) is 8.03. The van der Waals surface area contributed by atoms with E-state index >= 15 is 0 Å². The fourth-order valence-corrected chi connectivity index (χ4v) is 5.77. The number of nitrogens with one attached hydrogen (secondary N) is 1. The second kappa shape index (κ2) is 3.98. The molecule has 2 nitrogen and oxygen atoms in total. The maximum atomic E-state index is 4.61. The van der Waals surface area contributed by atoms with Gasteiger partial charge in [0.15, 0.2) is 0 Å². The first-order chi connectivity index (χ1) is 8.73. The average Bonchev–Trinajstić information content (AvgIpc) is 2.79. The summed E-state index contributed by atoms with van der Waals surface area (Å²) in [6, 6.07) is 0.655. The molecule has 4 fully saturated rings. The Kier molecular flexibility index (Phi) is 2.50. The lowest BCUT2D eigenvalue weighted by Crippen LogP contribution is -2.55. The average molecular weight is 246 g/mol. The molecule has 0 aromatic rings. The molecule has 5 rings (SSSR count). The van der Waals surface area contributed by atoms with Crippen LogP contribution in [0.15, 0.2) is 4.99 Å². The fourth-order valence-electron chi connectivity index (χ4n) is 5.77. The van der Waals surface area contributed by atoms with Crippen LogP contribution >= 0.6 is 0 Å². The minimum Gasteiger partial charge on any atom is -0.371 e. The maximum absolute atomic E-state index is 4.61. The first kappa shape index (κ1) is 11.3. The second-order valence-corrected chi connectivity index (χ2v) is 7.58. The molecule has 100 valence electrons. The van der Waals surface area contributed by atoms with E-state index in [1.54, 1.807) is 19.3 Å². The maximum Gasteiger partial charge on any atom is 0.0965 e. The molecule has 1 unspecified atom stereocenters. The van der Waals surface area contributed by atoms with Crippen LogP contribution in [-0.4, -0.2) is 18.4 Å². The number of nitrogens with zero attached hydrogens (tertiary/aromatic N) is 1. The lowest BCUT2D eigenvalue weighted by Gasteiger charge is -2.59. The van der Waals surface area contributed by atoms with Crippen LogP contribution < -0.4 is 5.32 Å². The van der Waals surface area contributed by atoms with Crippen molar-refractivity contribution < 1.29 is 0 Å². The van der Waals surface area contributed by atoms with Crippen LogP contribution in [0.25, 0.3) is 0 Å². The van der Waals surface area contributed by atoms with Gasteiger partial charge in [0, 0.05) is 19.0 Å². The van der Waals surface area contributed by atoms with Gasteiger partial charge in [0.2, 0.25) is 0 Å². The standard InChI is InChI=1S/C16H26N2/c1-11(18-15-3-2-4-17-15)16-8-12-5-13(9-16)7-14(6-12)10-16/h11-14H,2-10H2,1H3,(H,17,18). The molecule has 5 aliphatic rings. The van der Waals surface area contributed by atoms with Crippen LogP contribution in [0.4, 0.5) is 0 Å². The van der Waals surface area contributed by atoms with Gasteiger partial charge in [-0.2, -0.15) is 0 Å². The molecule has 1 heterocycles. The van der Waals surface area contributed by atoms with Crippen molar-refractivity contribution in [2.45, 2.75) is 64.3 Å². The summed E-state index contributed by atoms with van der Waals surface area (Å²) in [5.41, 5.74) is 0.625. The summed E-state index contributed by atoms with van der Waals surface area (Å²) in [5.74, 6) is 4.49. The molecule has 0 amide bonds. The van der Waals surface area contributed by atoms with Gasteiger partial charge in [-0.15, -0.1) is 0 Å². The van der Waals surface area contributed by atoms with Gasteiger partial charge in [-0.25, -0.2) is 0 Å². The van der Waals surface area contributed by atoms with Crippen LogP contribution in [0.2, 0.25) is 0 Å². The van der Waals surface area contributed by atoms with Crippen molar-refractivity contribution in [1.82, 2.24) is 5.32 Å². The van der Waals surface area contributed by atoms with Crippen molar-refractivity contribution in [3.8, 4) is 0 Å². The highest BCUT2D eigenvalue weighted by Crippen LogP contribution is 2.61. The molecule has 4 bridgehead atoms. The summed E-state index contributed by atoms with van der Waals surface area (Å²) < 4.78 is 0. The molecule has 4 saturated carbocycles. The van der Waals surface area contributed by atoms with Crippen LogP contribution in [-0.2, 0) is 0 Å². The van der Waals surface area contributed by atoms with Gasteiger partial charge in [-0.1, -0.05) is 0 Å². The molecule has 1 aliphatic heterocycles. The molecular formula is C16H26N2. The van der Waals surface area contributed by atoms with Crippen LogP contribution in [0.1, 0.15) is 58.3 Å². The SMILES string of the molecule is CC(NC1=NCCC1)C12CC3CC(CC(C3)C1)C2. The minimum atomic E-state index is 0.625. The van der Waals surface area contributed by atoms with Gasteiger partial charge in [-0.3, -0.25) is 4.99 Å². The van der Waals surface area contributed by atoms with E-state index in [-0.39, 0.29) is 0 Å². The van der Waals surface area contributed by atoms with Crippen LogP contribution in [0, 0.1) is 23.2 Å². The Hall–Kier alpha value is -0.530. The zero-order valence-electron chi connectivity index (χ0n) is 11.6. The number of hydrogen-bond donors (Lipinski definition) is 1. The van der Waals surface area contributed by atoms with Gasteiger partial charge in [0.1, 0.15) is 0 Å². The summed E-state index contributed by atoms with van der Waals surface area (Å²) >= 11 is 0. The largest absolute Gasteiger partial charge is 0.371 e. The summed E-state index contributed by atoms with van der Waals surface area (Å²) in [7, 11) is 0. The molecule has 0 radical (unpaired) electrons. The smallest absolute Gasteiger partial charge is 0.0965 e. The third-order valence-corrected chi connectivity index (χ3v) is 6.26. The van der Waals surface area contributed by atoms with Crippen molar-refractivity contribution in [1.29, 1.82) is 0 Å². The lowest BCUT2D eigenvalue weighted by atomic mass is 9.48.